The Morgan fingerprint density at radius 2 is 2.10 bits per heavy atom. The lowest BCUT2D eigenvalue weighted by Crippen LogP contribution is -2.09. The Hall–Kier alpha value is -0.810. The summed E-state index contributed by atoms with van der Waals surface area (Å²) in [5.74, 6) is 2.93. The molecular weight excluding hydrogens is 298 g/mol. The maximum Gasteiger partial charge on any atom is 0.142 e. The van der Waals surface area contributed by atoms with Gasteiger partial charge in [-0.15, -0.1) is 11.3 Å². The molecule has 1 aliphatic carbocycles. The second kappa shape index (κ2) is 6.97. The number of anilines is 1. The van der Waals surface area contributed by atoms with Crippen LogP contribution in [0.25, 0.3) is 10.2 Å². The number of aryl methyl sites for hydroxylation is 1. The van der Waals surface area contributed by atoms with Gasteiger partial charge < -0.3 is 5.32 Å². The summed E-state index contributed by atoms with van der Waals surface area (Å²) in [6.45, 7) is 5.15. The predicted octanol–water partition coefficient (Wildman–Crippen LogP) is 5.00. The highest BCUT2D eigenvalue weighted by atomic mass is 32.2. The highest BCUT2D eigenvalue weighted by molar-refractivity contribution is 7.99. The van der Waals surface area contributed by atoms with Crippen LogP contribution >= 0.6 is 23.1 Å². The van der Waals surface area contributed by atoms with Crippen molar-refractivity contribution in [3.63, 3.8) is 0 Å². The Morgan fingerprint density at radius 1 is 1.29 bits per heavy atom. The van der Waals surface area contributed by atoms with E-state index in [4.69, 9.17) is 9.97 Å². The number of aromatic nitrogens is 2. The van der Waals surface area contributed by atoms with Crippen LogP contribution in [0.3, 0.4) is 0 Å². The first-order valence-corrected chi connectivity index (χ1v) is 9.75. The van der Waals surface area contributed by atoms with Crippen LogP contribution in [0.5, 0.6) is 0 Å². The molecule has 0 bridgehead atoms. The third kappa shape index (κ3) is 3.69. The SMILES string of the molecule is CCNc1nc(CSC2CCCCC2)nc2sc(C)cc12. The molecule has 1 aliphatic rings. The Kier molecular flexibility index (Phi) is 5.01. The van der Waals surface area contributed by atoms with Gasteiger partial charge in [-0.25, -0.2) is 9.97 Å². The van der Waals surface area contributed by atoms with E-state index in [9.17, 15) is 0 Å². The maximum atomic E-state index is 4.77. The minimum atomic E-state index is 0.811. The van der Waals surface area contributed by atoms with Gasteiger partial charge in [-0.05, 0) is 32.8 Å². The van der Waals surface area contributed by atoms with Gasteiger partial charge in [-0.2, -0.15) is 11.8 Å². The van der Waals surface area contributed by atoms with Gasteiger partial charge in [-0.3, -0.25) is 0 Å². The molecule has 0 saturated heterocycles. The summed E-state index contributed by atoms with van der Waals surface area (Å²) in [4.78, 5) is 11.9. The van der Waals surface area contributed by atoms with Gasteiger partial charge >= 0.3 is 0 Å². The molecule has 114 valence electrons. The van der Waals surface area contributed by atoms with Crippen molar-refractivity contribution in [3.8, 4) is 0 Å². The molecule has 5 heteroatoms. The normalized spacial score (nSPS) is 16.5. The van der Waals surface area contributed by atoms with Gasteiger partial charge in [0, 0.05) is 16.7 Å². The van der Waals surface area contributed by atoms with E-state index in [0.717, 1.165) is 34.0 Å². The molecule has 0 atom stereocenters. The first kappa shape index (κ1) is 15.1. The highest BCUT2D eigenvalue weighted by Crippen LogP contribution is 2.32. The summed E-state index contributed by atoms with van der Waals surface area (Å²) in [6.07, 6.45) is 6.93. The molecule has 2 aromatic rings. The van der Waals surface area contributed by atoms with Crippen molar-refractivity contribution in [3.05, 3.63) is 16.8 Å². The zero-order valence-electron chi connectivity index (χ0n) is 12.8. The molecule has 0 aliphatic heterocycles. The zero-order chi connectivity index (χ0) is 14.7. The van der Waals surface area contributed by atoms with Crippen LogP contribution < -0.4 is 5.32 Å². The summed E-state index contributed by atoms with van der Waals surface area (Å²) in [7, 11) is 0. The van der Waals surface area contributed by atoms with Gasteiger partial charge in [0.15, 0.2) is 0 Å². The van der Waals surface area contributed by atoms with Crippen molar-refractivity contribution in [2.75, 3.05) is 11.9 Å². The Labute approximate surface area is 135 Å². The summed E-state index contributed by atoms with van der Waals surface area (Å²) >= 11 is 3.81. The molecule has 3 rings (SSSR count). The average Bonchev–Trinajstić information content (AvgIpc) is 2.87. The van der Waals surface area contributed by atoms with Crippen LogP contribution in [0, 0.1) is 6.92 Å². The molecule has 1 saturated carbocycles. The first-order chi connectivity index (χ1) is 10.3. The van der Waals surface area contributed by atoms with Crippen LogP contribution in [0.15, 0.2) is 6.07 Å². The van der Waals surface area contributed by atoms with Crippen LogP contribution in [0.4, 0.5) is 5.82 Å². The molecule has 2 aromatic heterocycles. The Balaban J connectivity index is 1.77. The molecule has 0 aromatic carbocycles. The molecule has 2 heterocycles. The van der Waals surface area contributed by atoms with E-state index in [-0.39, 0.29) is 0 Å². The largest absolute Gasteiger partial charge is 0.370 e. The lowest BCUT2D eigenvalue weighted by molar-refractivity contribution is 0.516. The molecule has 3 nitrogen and oxygen atoms in total. The molecule has 1 fully saturated rings. The molecule has 0 spiro atoms. The van der Waals surface area contributed by atoms with Crippen molar-refractivity contribution in [2.24, 2.45) is 0 Å². The van der Waals surface area contributed by atoms with E-state index in [0.29, 0.717) is 0 Å². The zero-order valence-corrected chi connectivity index (χ0v) is 14.4. The topological polar surface area (TPSA) is 37.8 Å². The molecule has 21 heavy (non-hydrogen) atoms. The standard InChI is InChI=1S/C16H23N3S2/c1-3-17-15-13-9-11(2)21-16(13)19-14(18-15)10-20-12-7-5-4-6-8-12/h9,12H,3-8,10H2,1-2H3,(H,17,18,19). The van der Waals surface area contributed by atoms with E-state index >= 15 is 0 Å². The van der Waals surface area contributed by atoms with E-state index in [1.807, 2.05) is 11.8 Å². The summed E-state index contributed by atoms with van der Waals surface area (Å²) in [5.41, 5.74) is 0. The van der Waals surface area contributed by atoms with Crippen molar-refractivity contribution in [1.82, 2.24) is 9.97 Å². The second-order valence-corrected chi connectivity index (χ2v) is 8.19. The lowest BCUT2D eigenvalue weighted by atomic mass is 10.0. The smallest absolute Gasteiger partial charge is 0.142 e. The number of thiophene rings is 1. The average molecular weight is 322 g/mol. The van der Waals surface area contributed by atoms with Crippen LogP contribution in [-0.2, 0) is 5.75 Å². The number of hydrogen-bond donors (Lipinski definition) is 1. The highest BCUT2D eigenvalue weighted by Gasteiger charge is 2.16. The third-order valence-electron chi connectivity index (χ3n) is 3.91. The number of rotatable bonds is 5. The lowest BCUT2D eigenvalue weighted by Gasteiger charge is -2.20. The fourth-order valence-electron chi connectivity index (χ4n) is 2.88. The fourth-order valence-corrected chi connectivity index (χ4v) is 4.96. The molecule has 0 radical (unpaired) electrons. The van der Waals surface area contributed by atoms with Gasteiger partial charge in [0.05, 0.1) is 11.1 Å². The van der Waals surface area contributed by atoms with Crippen LogP contribution in [0.2, 0.25) is 0 Å². The summed E-state index contributed by atoms with van der Waals surface area (Å²) < 4.78 is 0. The Morgan fingerprint density at radius 3 is 2.86 bits per heavy atom. The van der Waals surface area contributed by atoms with E-state index in [2.05, 4.69) is 25.2 Å². The number of nitrogens with zero attached hydrogens (tertiary/aromatic N) is 2. The third-order valence-corrected chi connectivity index (χ3v) is 6.22. The molecular formula is C16H23N3S2. The van der Waals surface area contributed by atoms with Crippen molar-refractivity contribution < 1.29 is 0 Å². The van der Waals surface area contributed by atoms with Gasteiger partial charge in [-0.1, -0.05) is 19.3 Å². The predicted molar refractivity (Wildman–Crippen MR) is 94.5 cm³/mol. The van der Waals surface area contributed by atoms with Gasteiger partial charge in [0.25, 0.3) is 0 Å². The van der Waals surface area contributed by atoms with Crippen LogP contribution in [-0.4, -0.2) is 21.8 Å². The van der Waals surface area contributed by atoms with Gasteiger partial charge in [0.1, 0.15) is 16.5 Å². The van der Waals surface area contributed by atoms with Crippen molar-refractivity contribution in [2.45, 2.75) is 57.0 Å². The fraction of sp³-hybridized carbons (Fsp3) is 0.625. The first-order valence-electron chi connectivity index (χ1n) is 7.89. The van der Waals surface area contributed by atoms with Gasteiger partial charge in [0.2, 0.25) is 0 Å². The number of nitrogens with one attached hydrogen (secondary N) is 1. The quantitative estimate of drug-likeness (QED) is 0.841. The number of hydrogen-bond acceptors (Lipinski definition) is 5. The molecule has 1 N–H and O–H groups in total. The van der Waals surface area contributed by atoms with Crippen LogP contribution in [0.1, 0.15) is 49.7 Å². The minimum Gasteiger partial charge on any atom is -0.370 e. The van der Waals surface area contributed by atoms with E-state index in [1.54, 1.807) is 11.3 Å². The number of thioether (sulfide) groups is 1. The monoisotopic (exact) mass is 321 g/mol. The second-order valence-electron chi connectivity index (χ2n) is 5.67. The van der Waals surface area contributed by atoms with Crippen molar-refractivity contribution >= 4 is 39.1 Å². The van der Waals surface area contributed by atoms with E-state index < -0.39 is 0 Å². The number of fused-ring (bicyclic) bond motifs is 1. The van der Waals surface area contributed by atoms with E-state index in [1.165, 1.54) is 42.4 Å². The molecule has 0 unspecified atom stereocenters. The summed E-state index contributed by atoms with van der Waals surface area (Å²) in [6, 6.07) is 2.19. The summed E-state index contributed by atoms with van der Waals surface area (Å²) in [5, 5.41) is 5.37. The Bertz CT molecular complexity index is 603. The minimum absolute atomic E-state index is 0.811. The van der Waals surface area contributed by atoms with Crippen molar-refractivity contribution in [1.29, 1.82) is 0 Å². The maximum absolute atomic E-state index is 4.77. The molecule has 0 amide bonds.